The first-order valence-corrected chi connectivity index (χ1v) is 7.10. The fraction of sp³-hybridized carbons (Fsp3) is 0.429. The van der Waals surface area contributed by atoms with Crippen LogP contribution < -0.4 is 5.32 Å². The number of rotatable bonds is 4. The molecule has 4 heteroatoms. The van der Waals surface area contributed by atoms with Gasteiger partial charge in [-0.05, 0) is 31.0 Å². The summed E-state index contributed by atoms with van der Waals surface area (Å²) >= 11 is 1.58. The van der Waals surface area contributed by atoms with Gasteiger partial charge in [0.15, 0.2) is 0 Å². The number of aryl methyl sites for hydroxylation is 1. The molecule has 0 aliphatic carbocycles. The summed E-state index contributed by atoms with van der Waals surface area (Å²) in [4.78, 5) is 24.0. The lowest BCUT2D eigenvalue weighted by molar-refractivity contribution is -0.118. The van der Waals surface area contributed by atoms with Crippen LogP contribution in [0.3, 0.4) is 0 Å². The average Bonchev–Trinajstić information content (AvgIpc) is 2.37. The van der Waals surface area contributed by atoms with Gasteiger partial charge < -0.3 is 5.32 Å². The maximum atomic E-state index is 11.6. The molecule has 18 heavy (non-hydrogen) atoms. The lowest BCUT2D eigenvalue weighted by atomic mass is 10.1. The molecule has 0 aromatic heterocycles. The number of carbonyl (C=O) groups is 2. The van der Waals surface area contributed by atoms with Crippen LogP contribution in [0.15, 0.2) is 23.1 Å². The number of hydrogen-bond donors (Lipinski definition) is 1. The van der Waals surface area contributed by atoms with Gasteiger partial charge >= 0.3 is 0 Å². The van der Waals surface area contributed by atoms with Crippen LogP contribution in [0.1, 0.15) is 32.3 Å². The Morgan fingerprint density at radius 2 is 2.22 bits per heavy atom. The van der Waals surface area contributed by atoms with Crippen molar-refractivity contribution in [1.29, 1.82) is 0 Å². The maximum Gasteiger partial charge on any atom is 0.237 e. The summed E-state index contributed by atoms with van der Waals surface area (Å²) in [5.74, 6) is 0.328. The molecule has 1 aromatic carbocycles. The number of amides is 1. The molecule has 1 aromatic rings. The third-order valence-corrected chi connectivity index (χ3v) is 4.24. The van der Waals surface area contributed by atoms with Crippen LogP contribution in [0.2, 0.25) is 0 Å². The molecule has 96 valence electrons. The molecule has 0 radical (unpaired) electrons. The van der Waals surface area contributed by atoms with Crippen molar-refractivity contribution in [1.82, 2.24) is 0 Å². The number of ketones is 1. The van der Waals surface area contributed by atoms with Crippen LogP contribution in [0.4, 0.5) is 5.69 Å². The first kappa shape index (κ1) is 13.1. The minimum atomic E-state index is -0.0370. The van der Waals surface area contributed by atoms with E-state index in [1.165, 1.54) is 0 Å². The van der Waals surface area contributed by atoms with Gasteiger partial charge in [-0.1, -0.05) is 13.0 Å². The van der Waals surface area contributed by atoms with Gasteiger partial charge in [-0.3, -0.25) is 9.59 Å². The zero-order valence-corrected chi connectivity index (χ0v) is 11.5. The third-order valence-electron chi connectivity index (χ3n) is 3.06. The number of thioether (sulfide) groups is 1. The molecule has 0 bridgehead atoms. The highest BCUT2D eigenvalue weighted by molar-refractivity contribution is 8.00. The monoisotopic (exact) mass is 263 g/mol. The van der Waals surface area contributed by atoms with Crippen LogP contribution in [0.25, 0.3) is 0 Å². The fourth-order valence-corrected chi connectivity index (χ4v) is 2.80. The normalized spacial score (nSPS) is 18.1. The first-order valence-electron chi connectivity index (χ1n) is 6.22. The Morgan fingerprint density at radius 1 is 1.44 bits per heavy atom. The van der Waals surface area contributed by atoms with Gasteiger partial charge in [0.25, 0.3) is 0 Å². The van der Waals surface area contributed by atoms with Crippen molar-refractivity contribution in [2.45, 2.75) is 43.3 Å². The Balaban J connectivity index is 2.10. The number of Topliss-reactive ketones (excluding diaryl/α,β-unsaturated/α-hetero) is 1. The minimum Gasteiger partial charge on any atom is -0.324 e. The number of hydrogen-bond acceptors (Lipinski definition) is 3. The van der Waals surface area contributed by atoms with E-state index in [4.69, 9.17) is 0 Å². The van der Waals surface area contributed by atoms with E-state index in [-0.39, 0.29) is 16.9 Å². The molecule has 1 aliphatic rings. The Morgan fingerprint density at radius 3 is 2.94 bits per heavy atom. The van der Waals surface area contributed by atoms with E-state index in [0.717, 1.165) is 22.6 Å². The second-order valence-electron chi connectivity index (χ2n) is 4.47. The Bertz CT molecular complexity index is 485. The van der Waals surface area contributed by atoms with Crippen molar-refractivity contribution in [2.75, 3.05) is 5.32 Å². The zero-order chi connectivity index (χ0) is 13.1. The summed E-state index contributed by atoms with van der Waals surface area (Å²) in [6.45, 7) is 3.78. The van der Waals surface area contributed by atoms with E-state index in [1.807, 2.05) is 32.0 Å². The largest absolute Gasteiger partial charge is 0.324 e. The quantitative estimate of drug-likeness (QED) is 0.908. The molecule has 0 saturated carbocycles. The van der Waals surface area contributed by atoms with Crippen LogP contribution in [-0.4, -0.2) is 16.9 Å². The van der Waals surface area contributed by atoms with Crippen LogP contribution in [0.5, 0.6) is 0 Å². The number of carbonyl (C=O) groups excluding carboxylic acids is 2. The van der Waals surface area contributed by atoms with E-state index in [0.29, 0.717) is 12.8 Å². The minimum absolute atomic E-state index is 0.0370. The van der Waals surface area contributed by atoms with Crippen molar-refractivity contribution in [3.05, 3.63) is 23.8 Å². The molecule has 2 rings (SSSR count). The Labute approximate surface area is 111 Å². The van der Waals surface area contributed by atoms with E-state index in [1.54, 1.807) is 11.8 Å². The molecule has 0 fully saturated rings. The number of fused-ring (bicyclic) bond motifs is 1. The van der Waals surface area contributed by atoms with Crippen LogP contribution in [0, 0.1) is 0 Å². The molecule has 1 unspecified atom stereocenters. The smallest absolute Gasteiger partial charge is 0.237 e. The summed E-state index contributed by atoms with van der Waals surface area (Å²) in [5, 5.41) is 2.87. The lowest BCUT2D eigenvalue weighted by Crippen LogP contribution is -2.26. The zero-order valence-electron chi connectivity index (χ0n) is 10.7. The lowest BCUT2D eigenvalue weighted by Gasteiger charge is -2.21. The molecule has 1 heterocycles. The third kappa shape index (κ3) is 2.93. The number of nitrogens with one attached hydrogen (secondary N) is 1. The molecule has 1 atom stereocenters. The molecular weight excluding hydrogens is 246 g/mol. The molecule has 0 saturated heterocycles. The molecular formula is C14H17NO2S. The van der Waals surface area contributed by atoms with Crippen LogP contribution in [-0.2, 0) is 16.0 Å². The summed E-state index contributed by atoms with van der Waals surface area (Å²) in [7, 11) is 0. The second kappa shape index (κ2) is 5.57. The van der Waals surface area contributed by atoms with E-state index in [2.05, 4.69) is 5.32 Å². The molecule has 0 spiro atoms. The van der Waals surface area contributed by atoms with E-state index >= 15 is 0 Å². The molecule has 3 nitrogen and oxygen atoms in total. The van der Waals surface area contributed by atoms with Gasteiger partial charge in [0, 0.05) is 17.7 Å². The van der Waals surface area contributed by atoms with Crippen molar-refractivity contribution < 1.29 is 9.59 Å². The van der Waals surface area contributed by atoms with Gasteiger partial charge in [0.2, 0.25) is 5.91 Å². The van der Waals surface area contributed by atoms with Crippen LogP contribution >= 0.6 is 11.8 Å². The topological polar surface area (TPSA) is 46.2 Å². The number of benzene rings is 1. The van der Waals surface area contributed by atoms with Crippen molar-refractivity contribution in [2.24, 2.45) is 0 Å². The molecule has 1 aliphatic heterocycles. The van der Waals surface area contributed by atoms with Gasteiger partial charge in [-0.25, -0.2) is 0 Å². The predicted octanol–water partition coefficient (Wildman–Crippen LogP) is 3.03. The molecule has 1 N–H and O–H groups in total. The van der Waals surface area contributed by atoms with Gasteiger partial charge in [0.1, 0.15) is 5.78 Å². The maximum absolute atomic E-state index is 11.6. The van der Waals surface area contributed by atoms with Gasteiger partial charge in [-0.15, -0.1) is 11.8 Å². The SMILES string of the molecule is CCC(=O)CCc1ccc2c(c1)NC(=O)C(C)S2. The Hall–Kier alpha value is -1.29. The highest BCUT2D eigenvalue weighted by Crippen LogP contribution is 2.36. The van der Waals surface area contributed by atoms with E-state index in [9.17, 15) is 9.59 Å². The summed E-state index contributed by atoms with van der Waals surface area (Å²) in [6.07, 6.45) is 1.91. The second-order valence-corrected chi connectivity index (χ2v) is 5.85. The summed E-state index contributed by atoms with van der Waals surface area (Å²) in [6, 6.07) is 6.05. The summed E-state index contributed by atoms with van der Waals surface area (Å²) in [5.41, 5.74) is 1.98. The average molecular weight is 263 g/mol. The first-order chi connectivity index (χ1) is 8.60. The summed E-state index contributed by atoms with van der Waals surface area (Å²) < 4.78 is 0. The van der Waals surface area contributed by atoms with Crippen molar-refractivity contribution in [3.63, 3.8) is 0 Å². The fourth-order valence-electron chi connectivity index (χ4n) is 1.87. The van der Waals surface area contributed by atoms with Crippen molar-refractivity contribution >= 4 is 29.1 Å². The van der Waals surface area contributed by atoms with Gasteiger partial charge in [-0.2, -0.15) is 0 Å². The molecule has 1 amide bonds. The highest BCUT2D eigenvalue weighted by atomic mass is 32.2. The highest BCUT2D eigenvalue weighted by Gasteiger charge is 2.22. The predicted molar refractivity (Wildman–Crippen MR) is 74.0 cm³/mol. The van der Waals surface area contributed by atoms with E-state index < -0.39 is 0 Å². The number of anilines is 1. The standard InChI is InChI=1S/C14H17NO2S/c1-3-11(16)6-4-10-5-7-13-12(8-10)15-14(17)9(2)18-13/h5,7-9H,3-4,6H2,1-2H3,(H,15,17). The van der Waals surface area contributed by atoms with Gasteiger partial charge in [0.05, 0.1) is 10.9 Å². The Kier molecular flexibility index (Phi) is 4.07. The van der Waals surface area contributed by atoms with Crippen molar-refractivity contribution in [3.8, 4) is 0 Å².